The van der Waals surface area contributed by atoms with E-state index >= 15 is 0 Å². The van der Waals surface area contributed by atoms with E-state index in [0.717, 1.165) is 26.1 Å². The largest absolute Gasteiger partial charge is 0.354 e. The van der Waals surface area contributed by atoms with Gasteiger partial charge < -0.3 is 15.1 Å². The first-order valence-corrected chi connectivity index (χ1v) is 7.90. The Morgan fingerprint density at radius 3 is 3.05 bits per heavy atom. The van der Waals surface area contributed by atoms with Crippen LogP contribution in [0.4, 0.5) is 16.2 Å². The van der Waals surface area contributed by atoms with Crippen LogP contribution in [0.2, 0.25) is 0 Å². The fourth-order valence-corrected chi connectivity index (χ4v) is 3.67. The number of rotatable bonds is 3. The lowest BCUT2D eigenvalue weighted by molar-refractivity contribution is 0.102. The second-order valence-electron chi connectivity index (χ2n) is 6.08. The molecule has 1 aromatic rings. The molecule has 2 unspecified atom stereocenters. The zero-order valence-corrected chi connectivity index (χ0v) is 12.8. The molecule has 0 spiro atoms. The van der Waals surface area contributed by atoms with Gasteiger partial charge in [0.15, 0.2) is 11.6 Å². The number of fused-ring (bicyclic) bond motifs is 1. The number of aromatic nitrogens is 2. The molecule has 6 heteroatoms. The number of halogens is 1. The second kappa shape index (κ2) is 6.13. The van der Waals surface area contributed by atoms with Crippen LogP contribution in [0, 0.1) is 11.7 Å². The Labute approximate surface area is 125 Å². The summed E-state index contributed by atoms with van der Waals surface area (Å²) >= 11 is 0. The summed E-state index contributed by atoms with van der Waals surface area (Å²) in [6, 6.07) is 0.646. The van der Waals surface area contributed by atoms with Crippen LogP contribution in [0.15, 0.2) is 6.20 Å². The van der Waals surface area contributed by atoms with Crippen LogP contribution in [0.25, 0.3) is 0 Å². The molecule has 1 N–H and O–H groups in total. The Morgan fingerprint density at radius 2 is 2.24 bits per heavy atom. The molecule has 2 aliphatic heterocycles. The van der Waals surface area contributed by atoms with E-state index in [1.165, 1.54) is 25.6 Å². The summed E-state index contributed by atoms with van der Waals surface area (Å²) in [5, 5.41) is 3.05. The number of nitrogens with one attached hydrogen (secondary N) is 1. The molecule has 2 aliphatic rings. The standard InChI is InChI=1S/C15H24FN5/c1-3-17-15-18-9-12(16)14(19-15)21-8-6-13-11(10-21)5-4-7-20(13)2/h9,11,13H,3-8,10H2,1-2H3,(H,17,18,19). The van der Waals surface area contributed by atoms with Crippen molar-refractivity contribution in [2.45, 2.75) is 32.2 Å². The molecule has 2 atom stereocenters. The number of anilines is 2. The van der Waals surface area contributed by atoms with Crippen molar-refractivity contribution in [1.29, 1.82) is 0 Å². The SMILES string of the molecule is CCNc1ncc(F)c(N2CCC3C(CCCN3C)C2)n1. The van der Waals surface area contributed by atoms with Crippen molar-refractivity contribution in [3.63, 3.8) is 0 Å². The highest BCUT2D eigenvalue weighted by atomic mass is 19.1. The molecule has 5 nitrogen and oxygen atoms in total. The second-order valence-corrected chi connectivity index (χ2v) is 6.08. The number of hydrogen-bond donors (Lipinski definition) is 1. The molecule has 0 amide bonds. The van der Waals surface area contributed by atoms with Crippen molar-refractivity contribution in [3.05, 3.63) is 12.0 Å². The van der Waals surface area contributed by atoms with Gasteiger partial charge in [0.05, 0.1) is 6.20 Å². The molecule has 0 radical (unpaired) electrons. The first kappa shape index (κ1) is 14.5. The van der Waals surface area contributed by atoms with E-state index in [1.807, 2.05) is 6.92 Å². The van der Waals surface area contributed by atoms with Crippen LogP contribution >= 0.6 is 0 Å². The molecule has 0 aliphatic carbocycles. The molecule has 3 heterocycles. The van der Waals surface area contributed by atoms with Gasteiger partial charge in [-0.15, -0.1) is 0 Å². The molecule has 116 valence electrons. The fraction of sp³-hybridized carbons (Fsp3) is 0.733. The van der Waals surface area contributed by atoms with Crippen molar-refractivity contribution in [3.8, 4) is 0 Å². The van der Waals surface area contributed by atoms with E-state index in [1.54, 1.807) is 0 Å². The zero-order chi connectivity index (χ0) is 14.8. The third-order valence-electron chi connectivity index (χ3n) is 4.71. The minimum atomic E-state index is -0.320. The van der Waals surface area contributed by atoms with E-state index in [2.05, 4.69) is 32.1 Å². The van der Waals surface area contributed by atoms with E-state index in [4.69, 9.17) is 0 Å². The first-order valence-electron chi connectivity index (χ1n) is 7.90. The van der Waals surface area contributed by atoms with Crippen LogP contribution in [-0.2, 0) is 0 Å². The Hall–Kier alpha value is -1.43. The molecular weight excluding hydrogens is 269 g/mol. The summed E-state index contributed by atoms with van der Waals surface area (Å²) in [6.45, 7) is 5.67. The quantitative estimate of drug-likeness (QED) is 0.923. The number of piperidine rings is 2. The van der Waals surface area contributed by atoms with Gasteiger partial charge in [0.25, 0.3) is 0 Å². The zero-order valence-electron chi connectivity index (χ0n) is 12.8. The highest BCUT2D eigenvalue weighted by molar-refractivity contribution is 5.44. The number of likely N-dealkylation sites (tertiary alicyclic amines) is 1. The molecule has 3 rings (SSSR count). The van der Waals surface area contributed by atoms with Gasteiger partial charge in [-0.3, -0.25) is 0 Å². The Bertz CT molecular complexity index is 495. The van der Waals surface area contributed by atoms with E-state index < -0.39 is 0 Å². The van der Waals surface area contributed by atoms with Crippen molar-refractivity contribution < 1.29 is 4.39 Å². The van der Waals surface area contributed by atoms with E-state index in [0.29, 0.717) is 23.7 Å². The molecule has 0 bridgehead atoms. The molecule has 0 aromatic carbocycles. The first-order chi connectivity index (χ1) is 10.2. The van der Waals surface area contributed by atoms with Crippen molar-refractivity contribution in [2.75, 3.05) is 43.4 Å². The minimum absolute atomic E-state index is 0.320. The predicted molar refractivity (Wildman–Crippen MR) is 82.1 cm³/mol. The lowest BCUT2D eigenvalue weighted by atomic mass is 9.84. The fourth-order valence-electron chi connectivity index (χ4n) is 3.67. The monoisotopic (exact) mass is 293 g/mol. The smallest absolute Gasteiger partial charge is 0.224 e. The Balaban J connectivity index is 1.77. The maximum Gasteiger partial charge on any atom is 0.224 e. The van der Waals surface area contributed by atoms with Crippen molar-refractivity contribution in [2.24, 2.45) is 5.92 Å². The molecule has 2 fully saturated rings. The molecule has 1 aromatic heterocycles. The van der Waals surface area contributed by atoms with Crippen LogP contribution in [0.3, 0.4) is 0 Å². The van der Waals surface area contributed by atoms with E-state index in [-0.39, 0.29) is 5.82 Å². The third-order valence-corrected chi connectivity index (χ3v) is 4.71. The number of nitrogens with zero attached hydrogens (tertiary/aromatic N) is 4. The van der Waals surface area contributed by atoms with Crippen molar-refractivity contribution in [1.82, 2.24) is 14.9 Å². The summed E-state index contributed by atoms with van der Waals surface area (Å²) in [5.41, 5.74) is 0. The molecule has 0 saturated carbocycles. The van der Waals surface area contributed by atoms with Gasteiger partial charge in [-0.2, -0.15) is 4.98 Å². The van der Waals surface area contributed by atoms with Gasteiger partial charge >= 0.3 is 0 Å². The average Bonchev–Trinajstić information content (AvgIpc) is 2.49. The summed E-state index contributed by atoms with van der Waals surface area (Å²) < 4.78 is 14.1. The maximum atomic E-state index is 14.1. The molecule has 21 heavy (non-hydrogen) atoms. The summed E-state index contributed by atoms with van der Waals surface area (Å²) in [5.74, 6) is 1.26. The van der Waals surface area contributed by atoms with Crippen LogP contribution in [0.5, 0.6) is 0 Å². The van der Waals surface area contributed by atoms with Crippen LogP contribution in [0.1, 0.15) is 26.2 Å². The normalized spacial score (nSPS) is 26.5. The summed E-state index contributed by atoms with van der Waals surface area (Å²) in [7, 11) is 2.21. The highest BCUT2D eigenvalue weighted by Crippen LogP contribution is 2.32. The van der Waals surface area contributed by atoms with Gasteiger partial charge in [0.2, 0.25) is 5.95 Å². The van der Waals surface area contributed by atoms with Crippen LogP contribution < -0.4 is 10.2 Å². The number of hydrogen-bond acceptors (Lipinski definition) is 5. The molecule has 2 saturated heterocycles. The lowest BCUT2D eigenvalue weighted by Gasteiger charge is -2.46. The van der Waals surface area contributed by atoms with Gasteiger partial charge in [0.1, 0.15) is 0 Å². The lowest BCUT2D eigenvalue weighted by Crippen LogP contribution is -2.53. The average molecular weight is 293 g/mol. The topological polar surface area (TPSA) is 44.3 Å². The summed E-state index contributed by atoms with van der Waals surface area (Å²) in [6.07, 6.45) is 4.83. The van der Waals surface area contributed by atoms with E-state index in [9.17, 15) is 4.39 Å². The summed E-state index contributed by atoms with van der Waals surface area (Å²) in [4.78, 5) is 12.9. The van der Waals surface area contributed by atoms with Crippen molar-refractivity contribution >= 4 is 11.8 Å². The van der Waals surface area contributed by atoms with Gasteiger partial charge in [-0.05, 0) is 45.7 Å². The third kappa shape index (κ3) is 2.95. The molecular formula is C15H24FN5. The Morgan fingerprint density at radius 1 is 1.38 bits per heavy atom. The Kier molecular flexibility index (Phi) is 4.24. The maximum absolute atomic E-state index is 14.1. The van der Waals surface area contributed by atoms with Crippen LogP contribution in [-0.4, -0.2) is 54.1 Å². The minimum Gasteiger partial charge on any atom is -0.354 e. The van der Waals surface area contributed by atoms with Gasteiger partial charge in [0, 0.05) is 25.7 Å². The van der Waals surface area contributed by atoms with Gasteiger partial charge in [-0.1, -0.05) is 0 Å². The van der Waals surface area contributed by atoms with Gasteiger partial charge in [-0.25, -0.2) is 9.37 Å². The predicted octanol–water partition coefficient (Wildman–Crippen LogP) is 1.97. The highest BCUT2D eigenvalue weighted by Gasteiger charge is 2.35.